The standard InChI is InChI=1S/C23H31FN8.HI/c1-3-25-23(27-17-22-29-28-21-7-5-6-10-32(21)22)26-16-18-8-9-20(19(24)15-18)31-13-11-30(4-2)12-14-31;/h5-10,15H,3-4,11-14,16-17H2,1-2H3,(H2,25,26,27);1H. The largest absolute Gasteiger partial charge is 0.367 e. The van der Waals surface area contributed by atoms with Crippen LogP contribution in [0.15, 0.2) is 47.6 Å². The number of hydrogen-bond donors (Lipinski definition) is 2. The Kier molecular flexibility index (Phi) is 9.24. The molecular weight excluding hydrogens is 534 g/mol. The molecule has 3 aromatic rings. The van der Waals surface area contributed by atoms with E-state index in [0.29, 0.717) is 24.7 Å². The van der Waals surface area contributed by atoms with Crippen molar-refractivity contribution < 1.29 is 4.39 Å². The number of rotatable bonds is 7. The number of nitrogens with one attached hydrogen (secondary N) is 2. The van der Waals surface area contributed by atoms with E-state index in [1.54, 1.807) is 6.07 Å². The molecule has 0 aliphatic carbocycles. The highest BCUT2D eigenvalue weighted by Crippen LogP contribution is 2.22. The second-order valence-corrected chi connectivity index (χ2v) is 7.80. The second kappa shape index (κ2) is 12.1. The maximum absolute atomic E-state index is 14.8. The van der Waals surface area contributed by atoms with Crippen LogP contribution in [0.2, 0.25) is 0 Å². The van der Waals surface area contributed by atoms with Gasteiger partial charge in [-0.15, -0.1) is 34.2 Å². The van der Waals surface area contributed by atoms with Gasteiger partial charge in [-0.1, -0.05) is 19.1 Å². The number of pyridine rings is 1. The van der Waals surface area contributed by atoms with Gasteiger partial charge >= 0.3 is 0 Å². The Bertz CT molecular complexity index is 1060. The third-order valence-corrected chi connectivity index (χ3v) is 5.73. The summed E-state index contributed by atoms with van der Waals surface area (Å²) in [6.45, 7) is 10.5. The number of anilines is 1. The van der Waals surface area contributed by atoms with E-state index >= 15 is 0 Å². The lowest BCUT2D eigenvalue weighted by atomic mass is 10.1. The highest BCUT2D eigenvalue weighted by Gasteiger charge is 2.18. The zero-order valence-electron chi connectivity index (χ0n) is 19.2. The molecule has 1 aromatic carbocycles. The third kappa shape index (κ3) is 6.32. The smallest absolute Gasteiger partial charge is 0.191 e. The molecule has 1 fully saturated rings. The van der Waals surface area contributed by atoms with E-state index < -0.39 is 0 Å². The molecule has 1 aliphatic heterocycles. The molecule has 178 valence electrons. The summed E-state index contributed by atoms with van der Waals surface area (Å²) in [7, 11) is 0. The number of aromatic nitrogens is 3. The van der Waals surface area contributed by atoms with Gasteiger partial charge in [-0.05, 0) is 43.3 Å². The van der Waals surface area contributed by atoms with E-state index in [0.717, 1.165) is 56.3 Å². The monoisotopic (exact) mass is 566 g/mol. The van der Waals surface area contributed by atoms with Crippen molar-refractivity contribution in [1.29, 1.82) is 0 Å². The molecule has 0 amide bonds. The van der Waals surface area contributed by atoms with E-state index in [1.807, 2.05) is 47.9 Å². The van der Waals surface area contributed by atoms with Gasteiger partial charge in [-0.2, -0.15) is 0 Å². The molecule has 0 spiro atoms. The van der Waals surface area contributed by atoms with E-state index in [-0.39, 0.29) is 29.8 Å². The predicted molar refractivity (Wildman–Crippen MR) is 141 cm³/mol. The summed E-state index contributed by atoms with van der Waals surface area (Å²) in [5.74, 6) is 1.26. The summed E-state index contributed by atoms with van der Waals surface area (Å²) in [5, 5.41) is 14.9. The molecule has 0 bridgehead atoms. The van der Waals surface area contributed by atoms with Crippen molar-refractivity contribution in [3.8, 4) is 0 Å². The molecule has 0 unspecified atom stereocenters. The average Bonchev–Trinajstić information content (AvgIpc) is 3.24. The van der Waals surface area contributed by atoms with Crippen LogP contribution in [0.5, 0.6) is 0 Å². The number of likely N-dealkylation sites (N-methyl/N-ethyl adjacent to an activating group) is 1. The molecular formula is C23H32FIN8. The molecule has 0 radical (unpaired) electrons. The van der Waals surface area contributed by atoms with Gasteiger partial charge < -0.3 is 20.4 Å². The van der Waals surface area contributed by atoms with Crippen LogP contribution in [-0.4, -0.2) is 64.7 Å². The lowest BCUT2D eigenvalue weighted by Crippen LogP contribution is -2.46. The van der Waals surface area contributed by atoms with Gasteiger partial charge in [0, 0.05) is 38.9 Å². The first-order valence-electron chi connectivity index (χ1n) is 11.2. The van der Waals surface area contributed by atoms with Gasteiger partial charge in [0.1, 0.15) is 5.82 Å². The topological polar surface area (TPSA) is 73.1 Å². The SMILES string of the molecule is CCNC(=NCc1ccc(N2CCN(CC)CC2)c(F)c1)NCc1nnc2ccccn12.I. The summed E-state index contributed by atoms with van der Waals surface area (Å²) in [6, 6.07) is 11.2. The van der Waals surface area contributed by atoms with Crippen LogP contribution in [0, 0.1) is 5.82 Å². The normalized spacial score (nSPS) is 14.9. The molecule has 3 heterocycles. The predicted octanol–water partition coefficient (Wildman–Crippen LogP) is 2.88. The minimum absolute atomic E-state index is 0. The molecule has 4 rings (SSSR count). The number of aliphatic imine (C=N–C) groups is 1. The molecule has 8 nitrogen and oxygen atoms in total. The molecule has 33 heavy (non-hydrogen) atoms. The van der Waals surface area contributed by atoms with E-state index in [4.69, 9.17) is 0 Å². The maximum atomic E-state index is 14.8. The van der Waals surface area contributed by atoms with Gasteiger partial charge in [-0.25, -0.2) is 9.38 Å². The van der Waals surface area contributed by atoms with Crippen molar-refractivity contribution in [2.24, 2.45) is 4.99 Å². The summed E-state index contributed by atoms with van der Waals surface area (Å²) >= 11 is 0. The van der Waals surface area contributed by atoms with Crippen LogP contribution in [0.3, 0.4) is 0 Å². The lowest BCUT2D eigenvalue weighted by Gasteiger charge is -2.35. The van der Waals surface area contributed by atoms with Crippen LogP contribution in [0.4, 0.5) is 10.1 Å². The molecule has 0 saturated carbocycles. The summed E-state index contributed by atoms with van der Waals surface area (Å²) in [4.78, 5) is 9.13. The second-order valence-electron chi connectivity index (χ2n) is 7.80. The number of nitrogens with zero attached hydrogens (tertiary/aromatic N) is 6. The van der Waals surface area contributed by atoms with Gasteiger partial charge in [0.15, 0.2) is 17.4 Å². The molecule has 2 N–H and O–H groups in total. The van der Waals surface area contributed by atoms with Crippen molar-refractivity contribution in [3.05, 3.63) is 59.8 Å². The van der Waals surface area contributed by atoms with Crippen molar-refractivity contribution in [2.45, 2.75) is 26.9 Å². The van der Waals surface area contributed by atoms with Crippen LogP contribution >= 0.6 is 24.0 Å². The van der Waals surface area contributed by atoms with E-state index in [1.165, 1.54) is 0 Å². The Labute approximate surface area is 211 Å². The quantitative estimate of drug-likeness (QED) is 0.261. The first kappa shape index (κ1) is 25.2. The van der Waals surface area contributed by atoms with E-state index in [2.05, 4.69) is 42.5 Å². The van der Waals surface area contributed by atoms with Crippen LogP contribution in [0.1, 0.15) is 25.2 Å². The summed E-state index contributed by atoms with van der Waals surface area (Å²) in [6.07, 6.45) is 1.93. The maximum Gasteiger partial charge on any atom is 0.191 e. The number of halogens is 2. The number of guanidine groups is 1. The average molecular weight is 566 g/mol. The summed E-state index contributed by atoms with van der Waals surface area (Å²) < 4.78 is 16.8. The van der Waals surface area contributed by atoms with Crippen LogP contribution in [-0.2, 0) is 13.1 Å². The van der Waals surface area contributed by atoms with Gasteiger partial charge in [0.05, 0.1) is 18.8 Å². The van der Waals surface area contributed by atoms with Crippen molar-refractivity contribution in [2.75, 3.05) is 44.2 Å². The fraction of sp³-hybridized carbons (Fsp3) is 0.435. The fourth-order valence-corrected chi connectivity index (χ4v) is 3.90. The van der Waals surface area contributed by atoms with Crippen molar-refractivity contribution in [3.63, 3.8) is 0 Å². The Balaban J connectivity index is 0.00000306. The Morgan fingerprint density at radius 2 is 1.88 bits per heavy atom. The van der Waals surface area contributed by atoms with Gasteiger partial charge in [0.2, 0.25) is 0 Å². The molecule has 1 aliphatic rings. The lowest BCUT2D eigenvalue weighted by molar-refractivity contribution is 0.270. The molecule has 2 aromatic heterocycles. The molecule has 10 heteroatoms. The van der Waals surface area contributed by atoms with Crippen LogP contribution in [0.25, 0.3) is 5.65 Å². The Morgan fingerprint density at radius 1 is 1.06 bits per heavy atom. The minimum Gasteiger partial charge on any atom is -0.367 e. The number of hydrogen-bond acceptors (Lipinski definition) is 5. The molecule has 1 saturated heterocycles. The van der Waals surface area contributed by atoms with Gasteiger partial charge in [0.25, 0.3) is 0 Å². The highest BCUT2D eigenvalue weighted by molar-refractivity contribution is 14.0. The minimum atomic E-state index is -0.185. The molecule has 0 atom stereocenters. The van der Waals surface area contributed by atoms with Crippen LogP contribution < -0.4 is 15.5 Å². The van der Waals surface area contributed by atoms with Crippen molar-refractivity contribution in [1.82, 2.24) is 30.1 Å². The number of fused-ring (bicyclic) bond motifs is 1. The first-order valence-corrected chi connectivity index (χ1v) is 11.2. The van der Waals surface area contributed by atoms with Crippen molar-refractivity contribution >= 4 is 41.3 Å². The zero-order valence-corrected chi connectivity index (χ0v) is 21.5. The number of piperazine rings is 1. The van der Waals surface area contributed by atoms with E-state index in [9.17, 15) is 4.39 Å². The van der Waals surface area contributed by atoms with Gasteiger partial charge in [-0.3, -0.25) is 4.40 Å². The fourth-order valence-electron chi connectivity index (χ4n) is 3.90. The zero-order chi connectivity index (χ0) is 22.3. The Hall–Kier alpha value is -2.47. The highest BCUT2D eigenvalue weighted by atomic mass is 127. The first-order chi connectivity index (χ1) is 15.7. The Morgan fingerprint density at radius 3 is 2.61 bits per heavy atom. The third-order valence-electron chi connectivity index (χ3n) is 5.73. The number of benzene rings is 1. The summed E-state index contributed by atoms with van der Waals surface area (Å²) in [5.41, 5.74) is 2.32.